The second-order valence-electron chi connectivity index (χ2n) is 6.96. The molecular formula is C22H21N5. The summed E-state index contributed by atoms with van der Waals surface area (Å²) in [7, 11) is 0. The zero-order valence-electron chi connectivity index (χ0n) is 15.1. The molecule has 0 aliphatic carbocycles. The first-order valence-electron chi connectivity index (χ1n) is 9.45. The fraction of sp³-hybridized carbons (Fsp3) is 0.227. The Morgan fingerprint density at radius 1 is 0.815 bits per heavy atom. The summed E-state index contributed by atoms with van der Waals surface area (Å²) in [6.07, 6.45) is 6.02. The van der Waals surface area contributed by atoms with Gasteiger partial charge in [0.15, 0.2) is 0 Å². The number of aromatic nitrogens is 4. The van der Waals surface area contributed by atoms with Gasteiger partial charge in [0.05, 0.1) is 17.3 Å². The van der Waals surface area contributed by atoms with Crippen LogP contribution in [0.25, 0.3) is 22.2 Å². The molecule has 0 N–H and O–H groups in total. The molecule has 2 aromatic heterocycles. The highest BCUT2D eigenvalue weighted by atomic mass is 15.3. The summed E-state index contributed by atoms with van der Waals surface area (Å²) in [5.74, 6) is 0.825. The van der Waals surface area contributed by atoms with Crippen molar-refractivity contribution < 1.29 is 0 Å². The average molecular weight is 355 g/mol. The lowest BCUT2D eigenvalue weighted by Gasteiger charge is -2.32. The van der Waals surface area contributed by atoms with Crippen molar-refractivity contribution >= 4 is 16.9 Å². The van der Waals surface area contributed by atoms with Gasteiger partial charge in [-0.2, -0.15) is 5.10 Å². The molecule has 0 saturated carbocycles. The van der Waals surface area contributed by atoms with Crippen LogP contribution >= 0.6 is 0 Å². The maximum Gasteiger partial charge on any atom is 0.226 e. The zero-order chi connectivity index (χ0) is 18.1. The largest absolute Gasteiger partial charge is 0.341 e. The standard InChI is InChI=1S/C22H21N5/c1-2-7-17(8-3-1)21-19-9-4-5-10-20(19)24-22(25-21)26-15-11-18(12-16-26)27-14-6-13-23-27/h1-10,13-14,18H,11-12,15-16H2. The first-order chi connectivity index (χ1) is 13.4. The molecule has 0 spiro atoms. The topological polar surface area (TPSA) is 46.8 Å². The van der Waals surface area contributed by atoms with Crippen molar-refractivity contribution in [3.63, 3.8) is 0 Å². The molecule has 5 rings (SSSR count). The summed E-state index contributed by atoms with van der Waals surface area (Å²) in [5, 5.41) is 5.50. The Balaban J connectivity index is 1.49. The highest BCUT2D eigenvalue weighted by molar-refractivity contribution is 5.93. The van der Waals surface area contributed by atoms with Crippen LogP contribution in [-0.4, -0.2) is 32.8 Å². The molecule has 134 valence electrons. The van der Waals surface area contributed by atoms with E-state index in [1.54, 1.807) is 0 Å². The molecule has 3 heterocycles. The summed E-state index contributed by atoms with van der Waals surface area (Å²) in [5.41, 5.74) is 3.13. The van der Waals surface area contributed by atoms with E-state index in [9.17, 15) is 0 Å². The van der Waals surface area contributed by atoms with Gasteiger partial charge in [-0.1, -0.05) is 48.5 Å². The molecule has 0 unspecified atom stereocenters. The lowest BCUT2D eigenvalue weighted by molar-refractivity contribution is 0.365. The minimum absolute atomic E-state index is 0.463. The molecule has 27 heavy (non-hydrogen) atoms. The predicted molar refractivity (Wildman–Crippen MR) is 108 cm³/mol. The van der Waals surface area contributed by atoms with Crippen molar-refractivity contribution in [2.24, 2.45) is 0 Å². The molecule has 2 aromatic carbocycles. The molecule has 5 heteroatoms. The first kappa shape index (κ1) is 16.0. The van der Waals surface area contributed by atoms with Crippen LogP contribution in [-0.2, 0) is 0 Å². The molecule has 1 aliphatic heterocycles. The van der Waals surface area contributed by atoms with Gasteiger partial charge in [-0.15, -0.1) is 0 Å². The maximum absolute atomic E-state index is 4.97. The molecule has 0 bridgehead atoms. The number of nitrogens with zero attached hydrogens (tertiary/aromatic N) is 5. The fourth-order valence-electron chi connectivity index (χ4n) is 3.85. The second kappa shape index (κ2) is 6.83. The number of hydrogen-bond acceptors (Lipinski definition) is 4. The third-order valence-corrected chi connectivity index (χ3v) is 5.28. The van der Waals surface area contributed by atoms with Crippen molar-refractivity contribution in [1.82, 2.24) is 19.7 Å². The molecule has 0 radical (unpaired) electrons. The van der Waals surface area contributed by atoms with E-state index in [-0.39, 0.29) is 0 Å². The Bertz CT molecular complexity index is 1030. The maximum atomic E-state index is 4.97. The van der Waals surface area contributed by atoms with E-state index in [1.807, 2.05) is 30.5 Å². The number of benzene rings is 2. The number of para-hydroxylation sites is 1. The summed E-state index contributed by atoms with van der Waals surface area (Å²) < 4.78 is 2.08. The van der Waals surface area contributed by atoms with E-state index >= 15 is 0 Å². The van der Waals surface area contributed by atoms with Crippen molar-refractivity contribution in [2.75, 3.05) is 18.0 Å². The number of fused-ring (bicyclic) bond motifs is 1. The van der Waals surface area contributed by atoms with Crippen LogP contribution in [0.2, 0.25) is 0 Å². The predicted octanol–water partition coefficient (Wildman–Crippen LogP) is 4.33. The summed E-state index contributed by atoms with van der Waals surface area (Å²) in [6.45, 7) is 1.88. The first-order valence-corrected chi connectivity index (χ1v) is 9.45. The van der Waals surface area contributed by atoms with Crippen LogP contribution < -0.4 is 4.90 Å². The molecule has 0 atom stereocenters. The Kier molecular flexibility index (Phi) is 4.05. The van der Waals surface area contributed by atoms with Crippen LogP contribution in [0.3, 0.4) is 0 Å². The fourth-order valence-corrected chi connectivity index (χ4v) is 3.85. The highest BCUT2D eigenvalue weighted by Crippen LogP contribution is 2.30. The van der Waals surface area contributed by atoms with Gasteiger partial charge in [0, 0.05) is 36.4 Å². The molecule has 1 fully saturated rings. The van der Waals surface area contributed by atoms with Gasteiger partial charge in [-0.25, -0.2) is 9.97 Å². The Labute approximate surface area is 158 Å². The number of rotatable bonds is 3. The van der Waals surface area contributed by atoms with Crippen LogP contribution in [0.4, 0.5) is 5.95 Å². The summed E-state index contributed by atoms with van der Waals surface area (Å²) >= 11 is 0. The van der Waals surface area contributed by atoms with Crippen molar-refractivity contribution in [1.29, 1.82) is 0 Å². The highest BCUT2D eigenvalue weighted by Gasteiger charge is 2.23. The minimum atomic E-state index is 0.463. The third-order valence-electron chi connectivity index (χ3n) is 5.28. The summed E-state index contributed by atoms with van der Waals surface area (Å²) in [4.78, 5) is 12.1. The third kappa shape index (κ3) is 3.05. The quantitative estimate of drug-likeness (QED) is 0.549. The summed E-state index contributed by atoms with van der Waals surface area (Å²) in [6, 6.07) is 21.1. The van der Waals surface area contributed by atoms with E-state index < -0.39 is 0 Å². The van der Waals surface area contributed by atoms with E-state index in [0.717, 1.165) is 54.0 Å². The Morgan fingerprint density at radius 2 is 1.59 bits per heavy atom. The van der Waals surface area contributed by atoms with Gasteiger partial charge >= 0.3 is 0 Å². The Morgan fingerprint density at radius 3 is 2.37 bits per heavy atom. The van der Waals surface area contributed by atoms with E-state index in [0.29, 0.717) is 6.04 Å². The van der Waals surface area contributed by atoms with Gasteiger partial charge in [0.1, 0.15) is 0 Å². The normalized spacial score (nSPS) is 15.3. The number of anilines is 1. The Hall–Kier alpha value is -3.21. The van der Waals surface area contributed by atoms with Crippen molar-refractivity contribution in [3.05, 3.63) is 73.1 Å². The molecule has 1 saturated heterocycles. The van der Waals surface area contributed by atoms with Crippen LogP contribution in [0, 0.1) is 0 Å². The van der Waals surface area contributed by atoms with E-state index in [1.165, 1.54) is 0 Å². The minimum Gasteiger partial charge on any atom is -0.341 e. The van der Waals surface area contributed by atoms with Gasteiger partial charge in [-0.05, 0) is 25.0 Å². The van der Waals surface area contributed by atoms with E-state index in [2.05, 4.69) is 57.3 Å². The lowest BCUT2D eigenvalue weighted by atomic mass is 10.1. The second-order valence-corrected chi connectivity index (χ2v) is 6.96. The monoisotopic (exact) mass is 355 g/mol. The number of piperidine rings is 1. The van der Waals surface area contributed by atoms with Crippen LogP contribution in [0.5, 0.6) is 0 Å². The molecule has 1 aliphatic rings. The molecule has 0 amide bonds. The smallest absolute Gasteiger partial charge is 0.226 e. The van der Waals surface area contributed by atoms with Gasteiger partial charge < -0.3 is 4.90 Å². The van der Waals surface area contributed by atoms with Crippen LogP contribution in [0.1, 0.15) is 18.9 Å². The van der Waals surface area contributed by atoms with Gasteiger partial charge in [0.2, 0.25) is 5.95 Å². The molecule has 5 nitrogen and oxygen atoms in total. The SMILES string of the molecule is c1ccc(-c2nc(N3CCC(n4cccn4)CC3)nc3ccccc23)cc1. The van der Waals surface area contributed by atoms with Crippen LogP contribution in [0.15, 0.2) is 73.1 Å². The zero-order valence-corrected chi connectivity index (χ0v) is 15.1. The molecule has 4 aromatic rings. The molecular weight excluding hydrogens is 334 g/mol. The van der Waals surface area contributed by atoms with E-state index in [4.69, 9.17) is 9.97 Å². The van der Waals surface area contributed by atoms with Crippen molar-refractivity contribution in [3.8, 4) is 11.3 Å². The lowest BCUT2D eigenvalue weighted by Crippen LogP contribution is -2.36. The number of hydrogen-bond donors (Lipinski definition) is 0. The van der Waals surface area contributed by atoms with Gasteiger partial charge in [0.25, 0.3) is 0 Å². The van der Waals surface area contributed by atoms with Gasteiger partial charge in [-0.3, -0.25) is 4.68 Å². The average Bonchev–Trinajstić information content (AvgIpc) is 3.29. The van der Waals surface area contributed by atoms with Crippen molar-refractivity contribution in [2.45, 2.75) is 18.9 Å².